The van der Waals surface area contributed by atoms with Gasteiger partial charge in [0.1, 0.15) is 0 Å². The zero-order valence-corrected chi connectivity index (χ0v) is 19.8. The molecule has 162 valence electrons. The van der Waals surface area contributed by atoms with E-state index < -0.39 is 36.7 Å². The number of benzene rings is 1. The molecule has 30 heavy (non-hydrogen) atoms. The fourth-order valence-electron chi connectivity index (χ4n) is 3.17. The SMILES string of the molecule is CC(C)(C)C1=CC(=NC(=O)c2ccc([N+](=O)[O-])cc2)C(Cl)(Cl)C(Cl)(C(C)(C)C)C1=O. The lowest BCUT2D eigenvalue weighted by molar-refractivity contribution is -0.384. The number of amides is 1. The molecule has 1 aliphatic rings. The number of hydrogen-bond acceptors (Lipinski definition) is 4. The first-order valence-electron chi connectivity index (χ1n) is 9.16. The van der Waals surface area contributed by atoms with Crippen LogP contribution >= 0.6 is 34.8 Å². The maximum Gasteiger partial charge on any atom is 0.277 e. The van der Waals surface area contributed by atoms with Crippen LogP contribution in [0.4, 0.5) is 5.69 Å². The molecule has 2 rings (SSSR count). The van der Waals surface area contributed by atoms with Crippen molar-refractivity contribution in [3.63, 3.8) is 0 Å². The summed E-state index contributed by atoms with van der Waals surface area (Å²) in [6, 6.07) is 4.97. The van der Waals surface area contributed by atoms with E-state index in [0.717, 1.165) is 0 Å². The Kier molecular flexibility index (Phi) is 6.32. The monoisotopic (exact) mass is 472 g/mol. The molecule has 0 N–H and O–H groups in total. The largest absolute Gasteiger partial charge is 0.292 e. The number of aliphatic imine (C=N–C) groups is 1. The molecule has 1 aromatic rings. The van der Waals surface area contributed by atoms with E-state index in [4.69, 9.17) is 34.8 Å². The van der Waals surface area contributed by atoms with Gasteiger partial charge in [0.15, 0.2) is 15.0 Å². The molecule has 1 unspecified atom stereocenters. The molecule has 6 nitrogen and oxygen atoms in total. The second-order valence-electron chi connectivity index (χ2n) is 9.23. The van der Waals surface area contributed by atoms with Gasteiger partial charge in [0.05, 0.1) is 10.6 Å². The van der Waals surface area contributed by atoms with Gasteiger partial charge >= 0.3 is 0 Å². The van der Waals surface area contributed by atoms with Crippen molar-refractivity contribution in [3.8, 4) is 0 Å². The van der Waals surface area contributed by atoms with Gasteiger partial charge in [-0.05, 0) is 29.0 Å². The third-order valence-electron chi connectivity index (χ3n) is 4.98. The molecule has 1 aromatic carbocycles. The summed E-state index contributed by atoms with van der Waals surface area (Å²) >= 11 is 20.1. The highest BCUT2D eigenvalue weighted by Crippen LogP contribution is 2.56. The molecule has 1 amide bonds. The number of halogens is 3. The van der Waals surface area contributed by atoms with Gasteiger partial charge in [-0.25, -0.2) is 4.99 Å². The smallest absolute Gasteiger partial charge is 0.277 e. The third-order valence-corrected chi connectivity index (χ3v) is 7.15. The maximum atomic E-state index is 13.4. The van der Waals surface area contributed by atoms with E-state index in [1.807, 2.05) is 20.8 Å². The number of Topliss-reactive ketones (excluding diaryl/α,β-unsaturated/α-hetero) is 1. The summed E-state index contributed by atoms with van der Waals surface area (Å²) in [5.74, 6) is -1.13. The van der Waals surface area contributed by atoms with Crippen molar-refractivity contribution in [1.29, 1.82) is 0 Å². The van der Waals surface area contributed by atoms with Crippen LogP contribution in [0.3, 0.4) is 0 Å². The van der Waals surface area contributed by atoms with Crippen LogP contribution in [0.2, 0.25) is 0 Å². The molecular formula is C21H23Cl3N2O4. The lowest BCUT2D eigenvalue weighted by Crippen LogP contribution is -2.63. The van der Waals surface area contributed by atoms with E-state index in [0.29, 0.717) is 5.57 Å². The molecule has 0 radical (unpaired) electrons. The van der Waals surface area contributed by atoms with Crippen LogP contribution in [0.25, 0.3) is 0 Å². The zero-order chi connectivity index (χ0) is 23.3. The summed E-state index contributed by atoms with van der Waals surface area (Å²) < 4.78 is -1.99. The molecule has 0 bridgehead atoms. The van der Waals surface area contributed by atoms with Crippen molar-refractivity contribution >= 4 is 57.9 Å². The minimum absolute atomic E-state index is 0.0522. The van der Waals surface area contributed by atoms with Crippen molar-refractivity contribution < 1.29 is 14.5 Å². The standard InChI is InChI=1S/C21H23Cl3N2O4/c1-18(2,3)14-11-15(21(23,24)20(22,16(14)27)19(4,5)6)25-17(28)12-7-9-13(10-8-12)26(29)30/h7-11H,1-6H3. The zero-order valence-electron chi connectivity index (χ0n) is 17.5. The number of nitro benzene ring substituents is 1. The second-order valence-corrected chi connectivity index (χ2v) is 11.1. The van der Waals surface area contributed by atoms with Gasteiger partial charge in [-0.1, -0.05) is 64.7 Å². The van der Waals surface area contributed by atoms with Crippen LogP contribution < -0.4 is 0 Å². The first-order chi connectivity index (χ1) is 13.4. The Labute approximate surface area is 190 Å². The third kappa shape index (κ3) is 4.05. The fraction of sp³-hybridized carbons (Fsp3) is 0.476. The lowest BCUT2D eigenvalue weighted by Gasteiger charge is -2.49. The highest BCUT2D eigenvalue weighted by molar-refractivity contribution is 6.69. The van der Waals surface area contributed by atoms with Crippen LogP contribution in [-0.2, 0) is 4.79 Å². The number of allylic oxidation sites excluding steroid dienone is 2. The van der Waals surface area contributed by atoms with Crippen molar-refractivity contribution in [1.82, 2.24) is 0 Å². The quantitative estimate of drug-likeness (QED) is 0.302. The van der Waals surface area contributed by atoms with Gasteiger partial charge in [-0.3, -0.25) is 19.7 Å². The van der Waals surface area contributed by atoms with Crippen LogP contribution in [0.1, 0.15) is 51.9 Å². The fourth-order valence-corrected chi connectivity index (χ4v) is 4.30. The molecule has 0 saturated heterocycles. The van der Waals surface area contributed by atoms with E-state index in [-0.39, 0.29) is 17.0 Å². The number of carbonyl (C=O) groups is 2. The number of ketones is 1. The van der Waals surface area contributed by atoms with Crippen LogP contribution in [0, 0.1) is 20.9 Å². The van der Waals surface area contributed by atoms with Crippen molar-refractivity contribution in [3.05, 3.63) is 51.6 Å². The molecule has 0 aliphatic heterocycles. The number of rotatable bonds is 2. The van der Waals surface area contributed by atoms with Crippen LogP contribution in [0.5, 0.6) is 0 Å². The minimum atomic E-state index is -1.99. The molecule has 0 saturated carbocycles. The van der Waals surface area contributed by atoms with E-state index in [1.54, 1.807) is 20.8 Å². The predicted molar refractivity (Wildman–Crippen MR) is 120 cm³/mol. The Morgan fingerprint density at radius 3 is 1.93 bits per heavy atom. The van der Waals surface area contributed by atoms with Gasteiger partial charge in [0.25, 0.3) is 11.6 Å². The average molecular weight is 474 g/mol. The Hall–Kier alpha value is -1.76. The number of nitrogens with zero attached hydrogens (tertiary/aromatic N) is 2. The Bertz CT molecular complexity index is 967. The van der Waals surface area contributed by atoms with Crippen molar-refractivity contribution in [2.45, 2.75) is 50.7 Å². The van der Waals surface area contributed by atoms with E-state index in [9.17, 15) is 19.7 Å². The van der Waals surface area contributed by atoms with Crippen molar-refractivity contribution in [2.75, 3.05) is 0 Å². The molecule has 9 heteroatoms. The minimum Gasteiger partial charge on any atom is -0.292 e. The Morgan fingerprint density at radius 1 is 1.03 bits per heavy atom. The Morgan fingerprint density at radius 2 is 1.53 bits per heavy atom. The van der Waals surface area contributed by atoms with Crippen LogP contribution in [-0.4, -0.2) is 31.5 Å². The number of nitro groups is 1. The van der Waals surface area contributed by atoms with E-state index in [2.05, 4.69) is 4.99 Å². The first kappa shape index (κ1) is 24.5. The molecule has 0 heterocycles. The first-order valence-corrected chi connectivity index (χ1v) is 10.3. The molecule has 0 aromatic heterocycles. The normalized spacial score (nSPS) is 23.3. The summed E-state index contributed by atoms with van der Waals surface area (Å²) in [6.45, 7) is 10.7. The van der Waals surface area contributed by atoms with E-state index in [1.165, 1.54) is 30.3 Å². The maximum absolute atomic E-state index is 13.4. The van der Waals surface area contributed by atoms with Gasteiger partial charge in [-0.2, -0.15) is 0 Å². The summed E-state index contributed by atoms with van der Waals surface area (Å²) in [5.41, 5.74) is -1.24. The average Bonchev–Trinajstić information content (AvgIpc) is 2.60. The summed E-state index contributed by atoms with van der Waals surface area (Å²) in [7, 11) is 0. The van der Waals surface area contributed by atoms with Gasteiger partial charge in [0.2, 0.25) is 0 Å². The van der Waals surface area contributed by atoms with Gasteiger partial charge < -0.3 is 0 Å². The Balaban J connectivity index is 2.68. The summed E-state index contributed by atoms with van der Waals surface area (Å²) in [4.78, 5) is 38.7. The molecule has 0 fully saturated rings. The number of non-ortho nitro benzene ring substituents is 1. The molecule has 1 aliphatic carbocycles. The molecule has 0 spiro atoms. The van der Waals surface area contributed by atoms with Crippen molar-refractivity contribution in [2.24, 2.45) is 15.8 Å². The summed E-state index contributed by atoms with van der Waals surface area (Å²) in [6.07, 6.45) is 1.41. The predicted octanol–water partition coefficient (Wildman–Crippen LogP) is 5.93. The summed E-state index contributed by atoms with van der Waals surface area (Å²) in [5, 5.41) is 10.8. The van der Waals surface area contributed by atoms with Crippen LogP contribution in [0.15, 0.2) is 40.9 Å². The molecular weight excluding hydrogens is 451 g/mol. The number of alkyl halides is 3. The van der Waals surface area contributed by atoms with Gasteiger partial charge in [-0.15, -0.1) is 11.6 Å². The number of hydrogen-bond donors (Lipinski definition) is 0. The topological polar surface area (TPSA) is 89.6 Å². The molecule has 1 atom stereocenters. The second kappa shape index (κ2) is 7.74. The highest BCUT2D eigenvalue weighted by Gasteiger charge is 2.66. The lowest BCUT2D eigenvalue weighted by atomic mass is 9.65. The number of carbonyl (C=O) groups excluding carboxylic acids is 2. The van der Waals surface area contributed by atoms with Gasteiger partial charge in [0, 0.05) is 23.3 Å². The highest BCUT2D eigenvalue weighted by atomic mass is 35.5. The van der Waals surface area contributed by atoms with E-state index >= 15 is 0 Å².